The van der Waals surface area contributed by atoms with Gasteiger partial charge in [-0.15, -0.1) is 11.8 Å². The summed E-state index contributed by atoms with van der Waals surface area (Å²) in [5, 5.41) is 21.6. The molecule has 1 heterocycles. The minimum atomic E-state index is -1.48. The predicted octanol–water partition coefficient (Wildman–Crippen LogP) is 5.37. The molecule has 1 aliphatic rings. The molecule has 3 aromatic rings. The van der Waals surface area contributed by atoms with Gasteiger partial charge in [-0.1, -0.05) is 12.1 Å². The van der Waals surface area contributed by atoms with Gasteiger partial charge in [0.2, 0.25) is 0 Å². The second-order valence-corrected chi connectivity index (χ2v) is 11.1. The third kappa shape index (κ3) is 6.05. The first kappa shape index (κ1) is 28.1. The van der Waals surface area contributed by atoms with Crippen LogP contribution in [0, 0.1) is 22.1 Å². The van der Waals surface area contributed by atoms with Gasteiger partial charge in [-0.25, -0.2) is 13.6 Å². The standard InChI is InChI=1S/C27H26F2IN3O4S/c1-16-14-17(30)6-7-20(16)31-25-19(27(36)37)15-18(23(28)24(25)29)26(35)33-10-8-32(9-11-33)21-4-2-3-5-22(21)38-13-12-34/h2-7,14-15,31,34H,8-13H2,1H3,(H,36,37). The monoisotopic (exact) mass is 653 g/mol. The summed E-state index contributed by atoms with van der Waals surface area (Å²) in [6.07, 6.45) is 0. The average Bonchev–Trinajstić information content (AvgIpc) is 2.91. The van der Waals surface area contributed by atoms with Crippen LogP contribution in [0.4, 0.5) is 25.8 Å². The first-order valence-corrected chi connectivity index (χ1v) is 13.9. The van der Waals surface area contributed by atoms with E-state index in [1.807, 2.05) is 30.3 Å². The highest BCUT2D eigenvalue weighted by Crippen LogP contribution is 2.33. The fraction of sp³-hybridized carbons (Fsp3) is 0.259. The molecule has 1 saturated heterocycles. The summed E-state index contributed by atoms with van der Waals surface area (Å²) in [4.78, 5) is 29.7. The Bertz CT molecular complexity index is 1370. The first-order valence-electron chi connectivity index (χ1n) is 11.9. The molecule has 0 radical (unpaired) electrons. The van der Waals surface area contributed by atoms with Crippen LogP contribution in [0.3, 0.4) is 0 Å². The van der Waals surface area contributed by atoms with Crippen LogP contribution in [0.15, 0.2) is 53.4 Å². The first-order chi connectivity index (χ1) is 18.2. The van der Waals surface area contributed by atoms with Crippen molar-refractivity contribution < 1.29 is 28.6 Å². The summed E-state index contributed by atoms with van der Waals surface area (Å²) >= 11 is 3.65. The Hall–Kier alpha value is -2.90. The number of carbonyl (C=O) groups is 2. The number of carboxylic acid groups (broad SMARTS) is 1. The highest BCUT2D eigenvalue weighted by molar-refractivity contribution is 14.1. The number of aliphatic hydroxyl groups excluding tert-OH is 1. The number of hydrogen-bond donors (Lipinski definition) is 3. The molecule has 0 unspecified atom stereocenters. The zero-order valence-electron chi connectivity index (χ0n) is 20.5. The van der Waals surface area contributed by atoms with E-state index in [9.17, 15) is 14.7 Å². The lowest BCUT2D eigenvalue weighted by molar-refractivity contribution is 0.0697. The Labute approximate surface area is 237 Å². The quantitative estimate of drug-likeness (QED) is 0.223. The lowest BCUT2D eigenvalue weighted by Gasteiger charge is -2.37. The molecule has 7 nitrogen and oxygen atoms in total. The van der Waals surface area contributed by atoms with E-state index in [-0.39, 0.29) is 19.7 Å². The molecule has 0 saturated carbocycles. The summed E-state index contributed by atoms with van der Waals surface area (Å²) in [5.74, 6) is -4.49. The Morgan fingerprint density at radius 2 is 1.74 bits per heavy atom. The van der Waals surface area contributed by atoms with Crippen LogP contribution in [0.25, 0.3) is 0 Å². The highest BCUT2D eigenvalue weighted by atomic mass is 127. The van der Waals surface area contributed by atoms with Crippen LogP contribution < -0.4 is 10.2 Å². The van der Waals surface area contributed by atoms with Crippen LogP contribution in [-0.4, -0.2) is 65.5 Å². The lowest BCUT2D eigenvalue weighted by Crippen LogP contribution is -2.49. The number of benzene rings is 3. The zero-order valence-corrected chi connectivity index (χ0v) is 23.5. The summed E-state index contributed by atoms with van der Waals surface area (Å²) in [6, 6.07) is 13.9. The lowest BCUT2D eigenvalue weighted by atomic mass is 10.0. The molecule has 1 aliphatic heterocycles. The van der Waals surface area contributed by atoms with Gasteiger partial charge >= 0.3 is 5.97 Å². The third-order valence-electron chi connectivity index (χ3n) is 6.24. The van der Waals surface area contributed by atoms with E-state index in [0.717, 1.165) is 25.8 Å². The van der Waals surface area contributed by atoms with Gasteiger partial charge in [0.25, 0.3) is 5.91 Å². The molecule has 200 valence electrons. The van der Waals surface area contributed by atoms with Crippen LogP contribution in [0.2, 0.25) is 0 Å². The highest BCUT2D eigenvalue weighted by Gasteiger charge is 2.30. The largest absolute Gasteiger partial charge is 0.478 e. The van der Waals surface area contributed by atoms with Crippen molar-refractivity contribution in [1.82, 2.24) is 4.90 Å². The summed E-state index contributed by atoms with van der Waals surface area (Å²) in [5.41, 5.74) is 0.458. The number of carboxylic acids is 1. The summed E-state index contributed by atoms with van der Waals surface area (Å²) in [6.45, 7) is 3.25. The van der Waals surface area contributed by atoms with Crippen molar-refractivity contribution in [1.29, 1.82) is 0 Å². The number of aliphatic hydroxyl groups is 1. The Balaban J connectivity index is 1.56. The number of hydrogen-bond acceptors (Lipinski definition) is 6. The molecular weight excluding hydrogens is 627 g/mol. The van der Waals surface area contributed by atoms with Gasteiger partial charge < -0.3 is 25.3 Å². The molecule has 0 spiro atoms. The zero-order chi connectivity index (χ0) is 27.4. The number of amides is 1. The fourth-order valence-electron chi connectivity index (χ4n) is 4.29. The van der Waals surface area contributed by atoms with Crippen molar-refractivity contribution in [2.75, 3.05) is 48.8 Å². The number of aromatic carboxylic acids is 1. The fourth-order valence-corrected chi connectivity index (χ4v) is 5.77. The normalized spacial score (nSPS) is 13.5. The number of aryl methyl sites for hydroxylation is 1. The number of para-hydroxylation sites is 1. The molecule has 38 heavy (non-hydrogen) atoms. The molecule has 0 atom stereocenters. The molecule has 0 aliphatic carbocycles. The maximum absolute atomic E-state index is 15.2. The number of anilines is 3. The number of nitrogens with zero attached hydrogens (tertiary/aromatic N) is 2. The van der Waals surface area contributed by atoms with Gasteiger partial charge in [-0.3, -0.25) is 4.79 Å². The Morgan fingerprint density at radius 1 is 1.03 bits per heavy atom. The van der Waals surface area contributed by atoms with Crippen molar-refractivity contribution in [3.63, 3.8) is 0 Å². The van der Waals surface area contributed by atoms with Gasteiger partial charge in [-0.2, -0.15) is 0 Å². The molecule has 1 amide bonds. The number of piperazine rings is 1. The van der Waals surface area contributed by atoms with Crippen LogP contribution in [-0.2, 0) is 0 Å². The van der Waals surface area contributed by atoms with Crippen LogP contribution in [0.1, 0.15) is 26.3 Å². The van der Waals surface area contributed by atoms with Gasteiger partial charge in [0.05, 0.1) is 29.1 Å². The van der Waals surface area contributed by atoms with Crippen molar-refractivity contribution in [3.8, 4) is 0 Å². The van der Waals surface area contributed by atoms with Crippen molar-refractivity contribution >= 4 is 63.3 Å². The molecule has 0 aromatic heterocycles. The maximum atomic E-state index is 15.2. The van der Waals surface area contributed by atoms with Gasteiger partial charge in [0.15, 0.2) is 11.6 Å². The molecule has 1 fully saturated rings. The second-order valence-electron chi connectivity index (χ2n) is 8.68. The van der Waals surface area contributed by atoms with E-state index in [2.05, 4.69) is 32.8 Å². The SMILES string of the molecule is Cc1cc(I)ccc1Nc1c(C(=O)O)cc(C(=O)N2CCN(c3ccccc3SCCO)CC2)c(F)c1F. The van der Waals surface area contributed by atoms with Crippen molar-refractivity contribution in [3.05, 3.63) is 80.4 Å². The number of rotatable bonds is 8. The number of halogens is 3. The number of carbonyl (C=O) groups excluding carboxylic acids is 1. The Kier molecular flexibility index (Phi) is 9.11. The van der Waals surface area contributed by atoms with Gasteiger partial charge in [0, 0.05) is 46.1 Å². The maximum Gasteiger partial charge on any atom is 0.337 e. The molecule has 3 N–H and O–H groups in total. The predicted molar refractivity (Wildman–Crippen MR) is 153 cm³/mol. The molecule has 3 aromatic carbocycles. The smallest absolute Gasteiger partial charge is 0.337 e. The van der Waals surface area contributed by atoms with Gasteiger partial charge in [0.1, 0.15) is 0 Å². The molecule has 11 heteroatoms. The topological polar surface area (TPSA) is 93.1 Å². The second kappa shape index (κ2) is 12.3. The molecular formula is C27H26F2IN3O4S. The van der Waals surface area contributed by atoms with E-state index in [0.29, 0.717) is 24.5 Å². The third-order valence-corrected chi connectivity index (χ3v) is 7.95. The van der Waals surface area contributed by atoms with E-state index in [1.54, 1.807) is 19.1 Å². The Morgan fingerprint density at radius 3 is 2.39 bits per heavy atom. The van der Waals surface area contributed by atoms with E-state index >= 15 is 8.78 Å². The van der Waals surface area contributed by atoms with E-state index < -0.39 is 40.3 Å². The molecule has 4 rings (SSSR count). The number of nitrogens with one attached hydrogen (secondary N) is 1. The van der Waals surface area contributed by atoms with Crippen LogP contribution in [0.5, 0.6) is 0 Å². The minimum absolute atomic E-state index is 0.0559. The van der Waals surface area contributed by atoms with E-state index in [4.69, 9.17) is 5.11 Å². The average molecular weight is 653 g/mol. The van der Waals surface area contributed by atoms with Crippen molar-refractivity contribution in [2.45, 2.75) is 11.8 Å². The van der Waals surface area contributed by atoms with Crippen LogP contribution >= 0.6 is 34.4 Å². The minimum Gasteiger partial charge on any atom is -0.478 e. The van der Waals surface area contributed by atoms with Crippen molar-refractivity contribution in [2.24, 2.45) is 0 Å². The number of thioether (sulfide) groups is 1. The summed E-state index contributed by atoms with van der Waals surface area (Å²) < 4.78 is 31.4. The molecule has 0 bridgehead atoms. The summed E-state index contributed by atoms with van der Waals surface area (Å²) in [7, 11) is 0. The van der Waals surface area contributed by atoms with E-state index in [1.165, 1.54) is 16.7 Å². The van der Waals surface area contributed by atoms with Gasteiger partial charge in [-0.05, 0) is 71.5 Å².